The summed E-state index contributed by atoms with van der Waals surface area (Å²) in [6.45, 7) is 5.72. The first-order chi connectivity index (χ1) is 12.4. The average molecular weight is 368 g/mol. The Labute approximate surface area is 155 Å². The molecule has 2 aliphatic rings. The molecule has 1 saturated heterocycles. The number of carboxylic acid groups (broad SMARTS) is 1. The highest BCUT2D eigenvalue weighted by molar-refractivity contribution is 5.88. The molecule has 1 aliphatic heterocycles. The van der Waals surface area contributed by atoms with Crippen LogP contribution in [-0.2, 0) is 19.1 Å². The largest absolute Gasteiger partial charge is 0.480 e. The highest BCUT2D eigenvalue weighted by Crippen LogP contribution is 2.40. The molecule has 2 fully saturated rings. The van der Waals surface area contributed by atoms with Crippen molar-refractivity contribution < 1.29 is 24.2 Å². The number of nitrogens with one attached hydrogen (secondary N) is 1. The lowest BCUT2D eigenvalue weighted by Crippen LogP contribution is -2.55. The molecule has 0 radical (unpaired) electrons. The molecule has 1 aliphatic carbocycles. The summed E-state index contributed by atoms with van der Waals surface area (Å²) in [5.74, 6) is -1.24. The van der Waals surface area contributed by atoms with Crippen molar-refractivity contribution in [2.24, 2.45) is 5.92 Å². The Morgan fingerprint density at radius 1 is 1.23 bits per heavy atom. The van der Waals surface area contributed by atoms with Crippen LogP contribution in [0.3, 0.4) is 0 Å². The van der Waals surface area contributed by atoms with E-state index in [4.69, 9.17) is 4.74 Å². The first-order valence-electron chi connectivity index (χ1n) is 9.88. The molecule has 2 N–H and O–H groups in total. The molecule has 148 valence electrons. The molecular formula is C19H32N2O5. The van der Waals surface area contributed by atoms with Crippen LogP contribution >= 0.6 is 0 Å². The predicted octanol–water partition coefficient (Wildman–Crippen LogP) is 1.94. The molecule has 1 saturated carbocycles. The zero-order valence-corrected chi connectivity index (χ0v) is 16.1. The highest BCUT2D eigenvalue weighted by Gasteiger charge is 2.48. The van der Waals surface area contributed by atoms with Gasteiger partial charge in [0.1, 0.15) is 12.1 Å². The summed E-state index contributed by atoms with van der Waals surface area (Å²) in [4.78, 5) is 38.5. The van der Waals surface area contributed by atoms with Crippen molar-refractivity contribution >= 4 is 17.8 Å². The van der Waals surface area contributed by atoms with Gasteiger partial charge in [-0.15, -0.1) is 0 Å². The summed E-state index contributed by atoms with van der Waals surface area (Å²) >= 11 is 0. The van der Waals surface area contributed by atoms with Gasteiger partial charge in [0.2, 0.25) is 5.91 Å². The zero-order valence-electron chi connectivity index (χ0n) is 16.1. The maximum atomic E-state index is 13.1. The number of carbonyl (C=O) groups excluding carboxylic acids is 2. The van der Waals surface area contributed by atoms with Crippen molar-refractivity contribution in [3.63, 3.8) is 0 Å². The van der Waals surface area contributed by atoms with Crippen molar-refractivity contribution in [2.45, 2.75) is 89.9 Å². The molecule has 0 bridgehead atoms. The van der Waals surface area contributed by atoms with Gasteiger partial charge in [-0.05, 0) is 45.4 Å². The summed E-state index contributed by atoms with van der Waals surface area (Å²) < 4.78 is 5.09. The summed E-state index contributed by atoms with van der Waals surface area (Å²) in [5, 5.41) is 12.7. The minimum atomic E-state index is -0.935. The minimum absolute atomic E-state index is 0.00817. The van der Waals surface area contributed by atoms with Gasteiger partial charge < -0.3 is 14.7 Å². The number of aliphatic carboxylic acids is 1. The van der Waals surface area contributed by atoms with Crippen molar-refractivity contribution in [2.75, 3.05) is 6.61 Å². The van der Waals surface area contributed by atoms with Crippen LogP contribution in [0.25, 0.3) is 0 Å². The van der Waals surface area contributed by atoms with Crippen LogP contribution in [0.4, 0.5) is 0 Å². The van der Waals surface area contributed by atoms with Crippen LogP contribution in [0.2, 0.25) is 0 Å². The van der Waals surface area contributed by atoms with E-state index in [1.54, 1.807) is 18.7 Å². The van der Waals surface area contributed by atoms with Gasteiger partial charge in [0.25, 0.3) is 0 Å². The highest BCUT2D eigenvalue weighted by atomic mass is 16.5. The second kappa shape index (κ2) is 9.35. The number of nitrogens with zero attached hydrogens (tertiary/aromatic N) is 1. The molecule has 5 atom stereocenters. The van der Waals surface area contributed by atoms with Crippen LogP contribution in [-0.4, -0.2) is 58.6 Å². The standard InChI is InChI=1S/C19H32N2O5/c1-4-8-14(19(25)26-5-2)20-12(3)17(22)21-15-10-7-6-9-13(15)11-16(21)18(23)24/h12-16,20H,4-11H2,1-3H3,(H,23,24)/t12?,13?,14?,15-,16?/m0/s1. The number of esters is 1. The van der Waals surface area contributed by atoms with Crippen LogP contribution in [0.1, 0.15) is 65.7 Å². The SMILES string of the molecule is CCCC(NC(C)C(=O)N1C(C(=O)O)CC2CCCC[C@@H]21)C(=O)OCC. The van der Waals surface area contributed by atoms with Gasteiger partial charge in [-0.3, -0.25) is 14.9 Å². The summed E-state index contributed by atoms with van der Waals surface area (Å²) in [6, 6.07) is -1.92. The third-order valence-electron chi connectivity index (χ3n) is 5.60. The van der Waals surface area contributed by atoms with E-state index in [0.717, 1.165) is 32.1 Å². The number of hydrogen-bond donors (Lipinski definition) is 2. The lowest BCUT2D eigenvalue weighted by Gasteiger charge is -2.35. The van der Waals surface area contributed by atoms with Crippen molar-refractivity contribution in [1.82, 2.24) is 10.2 Å². The van der Waals surface area contributed by atoms with E-state index in [2.05, 4.69) is 5.32 Å². The van der Waals surface area contributed by atoms with Crippen LogP contribution in [0, 0.1) is 5.92 Å². The monoisotopic (exact) mass is 368 g/mol. The average Bonchev–Trinajstić information content (AvgIpc) is 3.00. The number of carbonyl (C=O) groups is 3. The van der Waals surface area contributed by atoms with E-state index in [1.165, 1.54) is 0 Å². The maximum absolute atomic E-state index is 13.1. The van der Waals surface area contributed by atoms with Gasteiger partial charge in [-0.25, -0.2) is 4.79 Å². The maximum Gasteiger partial charge on any atom is 0.326 e. The third kappa shape index (κ3) is 4.55. The Morgan fingerprint density at radius 3 is 2.54 bits per heavy atom. The van der Waals surface area contributed by atoms with Gasteiger partial charge >= 0.3 is 11.9 Å². The molecule has 26 heavy (non-hydrogen) atoms. The Kier molecular flexibility index (Phi) is 7.43. The van der Waals surface area contributed by atoms with Crippen LogP contribution < -0.4 is 5.32 Å². The summed E-state index contributed by atoms with van der Waals surface area (Å²) in [6.07, 6.45) is 5.87. The van der Waals surface area contributed by atoms with Gasteiger partial charge in [0, 0.05) is 6.04 Å². The number of carboxylic acids is 1. The van der Waals surface area contributed by atoms with Gasteiger partial charge in [0.05, 0.1) is 12.6 Å². The van der Waals surface area contributed by atoms with E-state index in [9.17, 15) is 19.5 Å². The van der Waals surface area contributed by atoms with Crippen molar-refractivity contribution in [3.8, 4) is 0 Å². The van der Waals surface area contributed by atoms with E-state index in [0.29, 0.717) is 19.4 Å². The summed E-state index contributed by atoms with van der Waals surface area (Å²) in [7, 11) is 0. The molecule has 0 aromatic heterocycles. The molecular weight excluding hydrogens is 336 g/mol. The van der Waals surface area contributed by atoms with Crippen molar-refractivity contribution in [1.29, 1.82) is 0 Å². The fourth-order valence-corrected chi connectivity index (χ4v) is 4.39. The van der Waals surface area contributed by atoms with Gasteiger partial charge in [0.15, 0.2) is 0 Å². The first-order valence-corrected chi connectivity index (χ1v) is 9.88. The third-order valence-corrected chi connectivity index (χ3v) is 5.60. The van der Waals surface area contributed by atoms with Crippen molar-refractivity contribution in [3.05, 3.63) is 0 Å². The number of rotatable bonds is 8. The smallest absolute Gasteiger partial charge is 0.326 e. The number of amides is 1. The van der Waals surface area contributed by atoms with E-state index >= 15 is 0 Å². The molecule has 7 nitrogen and oxygen atoms in total. The molecule has 4 unspecified atom stereocenters. The Balaban J connectivity index is 2.10. The Morgan fingerprint density at radius 2 is 1.92 bits per heavy atom. The van der Waals surface area contributed by atoms with E-state index in [1.807, 2.05) is 6.92 Å². The molecule has 0 aromatic carbocycles. The molecule has 2 rings (SSSR count). The van der Waals surface area contributed by atoms with E-state index < -0.39 is 24.1 Å². The molecule has 1 amide bonds. The minimum Gasteiger partial charge on any atom is -0.480 e. The second-order valence-corrected chi connectivity index (χ2v) is 7.43. The van der Waals surface area contributed by atoms with E-state index in [-0.39, 0.29) is 23.8 Å². The fourth-order valence-electron chi connectivity index (χ4n) is 4.39. The number of likely N-dealkylation sites (tertiary alicyclic amines) is 1. The van der Waals surface area contributed by atoms with Crippen LogP contribution in [0.15, 0.2) is 0 Å². The molecule has 0 spiro atoms. The predicted molar refractivity (Wildman–Crippen MR) is 96.6 cm³/mol. The van der Waals surface area contributed by atoms with Gasteiger partial charge in [-0.2, -0.15) is 0 Å². The summed E-state index contributed by atoms with van der Waals surface area (Å²) in [5.41, 5.74) is 0. The molecule has 7 heteroatoms. The normalized spacial score (nSPS) is 27.5. The topological polar surface area (TPSA) is 95.9 Å². The second-order valence-electron chi connectivity index (χ2n) is 7.43. The fraction of sp³-hybridized carbons (Fsp3) is 0.842. The van der Waals surface area contributed by atoms with Gasteiger partial charge in [-0.1, -0.05) is 26.2 Å². The quantitative estimate of drug-likeness (QED) is 0.636. The Bertz CT molecular complexity index is 524. The Hall–Kier alpha value is -1.63. The lowest BCUT2D eigenvalue weighted by atomic mass is 9.84. The lowest BCUT2D eigenvalue weighted by molar-refractivity contribution is -0.152. The number of ether oxygens (including phenoxy) is 1. The number of hydrogen-bond acceptors (Lipinski definition) is 5. The molecule has 1 heterocycles. The number of fused-ring (bicyclic) bond motifs is 1. The first kappa shape index (κ1) is 20.7. The molecule has 0 aromatic rings. The zero-order chi connectivity index (χ0) is 19.3. The van der Waals surface area contributed by atoms with Crippen LogP contribution in [0.5, 0.6) is 0 Å².